The third kappa shape index (κ3) is 3.23. The molecule has 1 heterocycles. The van der Waals surface area contributed by atoms with Crippen molar-refractivity contribution in [3.63, 3.8) is 0 Å². The molecule has 2 N–H and O–H groups in total. The molecule has 3 aromatic rings. The Morgan fingerprint density at radius 2 is 2.00 bits per heavy atom. The molecule has 2 aliphatic carbocycles. The van der Waals surface area contributed by atoms with Crippen LogP contribution < -0.4 is 5.32 Å². The van der Waals surface area contributed by atoms with E-state index in [-0.39, 0.29) is 23.6 Å². The van der Waals surface area contributed by atoms with Gasteiger partial charge in [0.1, 0.15) is 11.6 Å². The smallest absolute Gasteiger partial charge is 0.228 e. The molecule has 5 rings (SSSR count). The minimum absolute atomic E-state index is 0.0384. The van der Waals surface area contributed by atoms with Crippen LogP contribution in [0.15, 0.2) is 48.5 Å². The normalized spacial score (nSPS) is 21.1. The van der Waals surface area contributed by atoms with Crippen LogP contribution in [0.3, 0.4) is 0 Å². The SMILES string of the molecule is O=C(Nc1cccc(-c2n[nH]c(C3CC3)n2)c1)C1CC1c1ccccc1F. The zero-order chi connectivity index (χ0) is 18.4. The maximum absolute atomic E-state index is 13.9. The Labute approximate surface area is 156 Å². The highest BCUT2D eigenvalue weighted by Gasteiger charge is 2.45. The van der Waals surface area contributed by atoms with E-state index in [2.05, 4.69) is 20.5 Å². The van der Waals surface area contributed by atoms with Gasteiger partial charge in [0.25, 0.3) is 0 Å². The van der Waals surface area contributed by atoms with Crippen molar-refractivity contribution in [2.75, 3.05) is 5.32 Å². The largest absolute Gasteiger partial charge is 0.326 e. The molecule has 2 fully saturated rings. The Balaban J connectivity index is 1.28. The highest BCUT2D eigenvalue weighted by atomic mass is 19.1. The summed E-state index contributed by atoms with van der Waals surface area (Å²) in [5.74, 6) is 1.55. The number of amides is 1. The van der Waals surface area contributed by atoms with Gasteiger partial charge in [-0.2, -0.15) is 5.10 Å². The van der Waals surface area contributed by atoms with Crippen LogP contribution in [0.1, 0.15) is 42.5 Å². The number of H-pyrrole nitrogens is 1. The van der Waals surface area contributed by atoms with Crippen molar-refractivity contribution in [1.82, 2.24) is 15.2 Å². The lowest BCUT2D eigenvalue weighted by atomic mass is 10.1. The third-order valence-electron chi connectivity index (χ3n) is 5.29. The fourth-order valence-electron chi connectivity index (χ4n) is 3.52. The molecule has 0 bridgehead atoms. The number of aromatic amines is 1. The van der Waals surface area contributed by atoms with Crippen molar-refractivity contribution in [1.29, 1.82) is 0 Å². The summed E-state index contributed by atoms with van der Waals surface area (Å²) in [4.78, 5) is 17.1. The molecule has 0 saturated heterocycles. The van der Waals surface area contributed by atoms with Gasteiger partial charge in [0.15, 0.2) is 5.82 Å². The van der Waals surface area contributed by atoms with Gasteiger partial charge in [-0.1, -0.05) is 30.3 Å². The van der Waals surface area contributed by atoms with Crippen LogP contribution >= 0.6 is 0 Å². The predicted molar refractivity (Wildman–Crippen MR) is 99.7 cm³/mol. The molecule has 0 spiro atoms. The fourth-order valence-corrected chi connectivity index (χ4v) is 3.52. The second kappa shape index (κ2) is 6.30. The number of anilines is 1. The van der Waals surface area contributed by atoms with Crippen molar-refractivity contribution < 1.29 is 9.18 Å². The number of hydrogen-bond acceptors (Lipinski definition) is 3. The van der Waals surface area contributed by atoms with Crippen molar-refractivity contribution in [3.05, 3.63) is 65.7 Å². The Bertz CT molecular complexity index is 1010. The number of rotatable bonds is 5. The average Bonchev–Trinajstić information content (AvgIpc) is 3.60. The second-order valence-electron chi connectivity index (χ2n) is 7.36. The number of aromatic nitrogens is 3. The molecule has 1 amide bonds. The zero-order valence-electron chi connectivity index (χ0n) is 14.7. The molecule has 5 nitrogen and oxygen atoms in total. The van der Waals surface area contributed by atoms with Gasteiger partial charge >= 0.3 is 0 Å². The fraction of sp³-hybridized carbons (Fsp3) is 0.286. The van der Waals surface area contributed by atoms with E-state index in [1.807, 2.05) is 30.3 Å². The summed E-state index contributed by atoms with van der Waals surface area (Å²) in [6.45, 7) is 0. The maximum atomic E-state index is 13.9. The lowest BCUT2D eigenvalue weighted by Gasteiger charge is -2.07. The topological polar surface area (TPSA) is 70.7 Å². The first-order valence-corrected chi connectivity index (χ1v) is 9.27. The molecule has 2 atom stereocenters. The summed E-state index contributed by atoms with van der Waals surface area (Å²) in [6, 6.07) is 14.2. The summed E-state index contributed by atoms with van der Waals surface area (Å²) in [5.41, 5.74) is 2.19. The first kappa shape index (κ1) is 16.2. The number of nitrogens with one attached hydrogen (secondary N) is 2. The first-order valence-electron chi connectivity index (χ1n) is 9.27. The van der Waals surface area contributed by atoms with E-state index < -0.39 is 0 Å². The van der Waals surface area contributed by atoms with Crippen LogP contribution in [-0.2, 0) is 4.79 Å². The highest BCUT2D eigenvalue weighted by Crippen LogP contribution is 2.48. The van der Waals surface area contributed by atoms with E-state index in [1.165, 1.54) is 6.07 Å². The zero-order valence-corrected chi connectivity index (χ0v) is 14.7. The van der Waals surface area contributed by atoms with E-state index in [4.69, 9.17) is 0 Å². The Hall–Kier alpha value is -3.02. The molecule has 0 radical (unpaired) electrons. The Kier molecular flexibility index (Phi) is 3.77. The van der Waals surface area contributed by atoms with Gasteiger partial charge in [0.2, 0.25) is 5.91 Å². The summed E-state index contributed by atoms with van der Waals surface area (Å²) in [5, 5.41) is 10.2. The predicted octanol–water partition coefficient (Wildman–Crippen LogP) is 4.23. The molecule has 2 aliphatic rings. The minimum atomic E-state index is -0.240. The summed E-state index contributed by atoms with van der Waals surface area (Å²) in [6.07, 6.45) is 3.00. The summed E-state index contributed by atoms with van der Waals surface area (Å²) < 4.78 is 13.9. The lowest BCUT2D eigenvalue weighted by Crippen LogP contribution is -2.14. The van der Waals surface area contributed by atoms with Crippen molar-refractivity contribution in [3.8, 4) is 11.4 Å². The van der Waals surface area contributed by atoms with Gasteiger partial charge < -0.3 is 5.32 Å². The number of carbonyl (C=O) groups is 1. The standard InChI is InChI=1S/C21H19FN4O/c22-18-7-2-1-6-15(18)16-11-17(16)21(27)23-14-5-3-4-13(10-14)20-24-19(25-26-20)12-8-9-12/h1-7,10,12,16-17H,8-9,11H2,(H,23,27)(H,24,25,26). The van der Waals surface area contributed by atoms with Gasteiger partial charge in [-0.15, -0.1) is 0 Å². The Morgan fingerprint density at radius 1 is 1.15 bits per heavy atom. The molecule has 1 aromatic heterocycles. The molecule has 2 saturated carbocycles. The van der Waals surface area contributed by atoms with E-state index in [0.717, 1.165) is 24.2 Å². The second-order valence-corrected chi connectivity index (χ2v) is 7.36. The van der Waals surface area contributed by atoms with Crippen molar-refractivity contribution in [2.24, 2.45) is 5.92 Å². The molecule has 6 heteroatoms. The van der Waals surface area contributed by atoms with Gasteiger partial charge in [-0.05, 0) is 48.9 Å². The molecule has 27 heavy (non-hydrogen) atoms. The van der Waals surface area contributed by atoms with Crippen molar-refractivity contribution >= 4 is 11.6 Å². The maximum Gasteiger partial charge on any atom is 0.228 e. The quantitative estimate of drug-likeness (QED) is 0.713. The van der Waals surface area contributed by atoms with Crippen LogP contribution in [0, 0.1) is 11.7 Å². The average molecular weight is 362 g/mol. The van der Waals surface area contributed by atoms with Crippen LogP contribution in [0.25, 0.3) is 11.4 Å². The summed E-state index contributed by atoms with van der Waals surface area (Å²) >= 11 is 0. The van der Waals surface area contributed by atoms with Gasteiger partial charge in [0, 0.05) is 23.1 Å². The summed E-state index contributed by atoms with van der Waals surface area (Å²) in [7, 11) is 0. The van der Waals surface area contributed by atoms with Crippen LogP contribution in [0.2, 0.25) is 0 Å². The van der Waals surface area contributed by atoms with Crippen LogP contribution in [-0.4, -0.2) is 21.1 Å². The monoisotopic (exact) mass is 362 g/mol. The van der Waals surface area contributed by atoms with Crippen LogP contribution in [0.4, 0.5) is 10.1 Å². The van der Waals surface area contributed by atoms with E-state index in [9.17, 15) is 9.18 Å². The highest BCUT2D eigenvalue weighted by molar-refractivity contribution is 5.95. The van der Waals surface area contributed by atoms with Crippen LogP contribution in [0.5, 0.6) is 0 Å². The van der Waals surface area contributed by atoms with Gasteiger partial charge in [0.05, 0.1) is 0 Å². The lowest BCUT2D eigenvalue weighted by molar-refractivity contribution is -0.117. The minimum Gasteiger partial charge on any atom is -0.326 e. The van der Waals surface area contributed by atoms with Gasteiger partial charge in [-0.25, -0.2) is 9.37 Å². The molecular formula is C21H19FN4O. The first-order chi connectivity index (χ1) is 13.2. The molecule has 136 valence electrons. The third-order valence-corrected chi connectivity index (χ3v) is 5.29. The van der Waals surface area contributed by atoms with Gasteiger partial charge in [-0.3, -0.25) is 9.89 Å². The number of halogens is 1. The van der Waals surface area contributed by atoms with Crippen molar-refractivity contribution in [2.45, 2.75) is 31.1 Å². The number of hydrogen-bond donors (Lipinski definition) is 2. The number of benzene rings is 2. The Morgan fingerprint density at radius 3 is 2.81 bits per heavy atom. The molecule has 2 unspecified atom stereocenters. The van der Waals surface area contributed by atoms with E-state index >= 15 is 0 Å². The molecular weight excluding hydrogens is 343 g/mol. The molecule has 2 aromatic carbocycles. The number of nitrogens with zero attached hydrogens (tertiary/aromatic N) is 2. The van der Waals surface area contributed by atoms with E-state index in [1.54, 1.807) is 12.1 Å². The molecule has 0 aliphatic heterocycles. The number of carbonyl (C=O) groups excluding carboxylic acids is 1. The van der Waals surface area contributed by atoms with E-state index in [0.29, 0.717) is 29.4 Å².